The SMILES string of the molecule is O=C(OCCC1CCC1)c1cccc(S)c1. The molecule has 0 spiro atoms. The van der Waals surface area contributed by atoms with Gasteiger partial charge >= 0.3 is 5.97 Å². The van der Waals surface area contributed by atoms with Crippen LogP contribution in [0, 0.1) is 5.92 Å². The number of carbonyl (C=O) groups excluding carboxylic acids is 1. The van der Waals surface area contributed by atoms with E-state index in [0.29, 0.717) is 12.2 Å². The van der Waals surface area contributed by atoms with Crippen molar-refractivity contribution >= 4 is 18.6 Å². The normalized spacial score (nSPS) is 15.6. The van der Waals surface area contributed by atoms with Crippen LogP contribution in [0.25, 0.3) is 0 Å². The summed E-state index contributed by atoms with van der Waals surface area (Å²) in [6.45, 7) is 0.542. The zero-order chi connectivity index (χ0) is 11.4. The summed E-state index contributed by atoms with van der Waals surface area (Å²) in [5, 5.41) is 0. The van der Waals surface area contributed by atoms with Crippen molar-refractivity contribution in [2.75, 3.05) is 6.61 Å². The van der Waals surface area contributed by atoms with Crippen molar-refractivity contribution in [1.82, 2.24) is 0 Å². The predicted octanol–water partition coefficient (Wildman–Crippen LogP) is 3.32. The van der Waals surface area contributed by atoms with Crippen molar-refractivity contribution in [3.05, 3.63) is 29.8 Å². The molecule has 3 heteroatoms. The van der Waals surface area contributed by atoms with Crippen LogP contribution in [0.5, 0.6) is 0 Å². The maximum absolute atomic E-state index is 11.6. The molecule has 86 valence electrons. The average Bonchev–Trinajstić information content (AvgIpc) is 2.21. The van der Waals surface area contributed by atoms with Crippen molar-refractivity contribution in [2.45, 2.75) is 30.6 Å². The van der Waals surface area contributed by atoms with Crippen LogP contribution < -0.4 is 0 Å². The van der Waals surface area contributed by atoms with E-state index in [2.05, 4.69) is 12.6 Å². The second-order valence-corrected chi connectivity index (χ2v) is 4.79. The predicted molar refractivity (Wildman–Crippen MR) is 65.9 cm³/mol. The molecule has 0 heterocycles. The highest BCUT2D eigenvalue weighted by Crippen LogP contribution is 2.29. The van der Waals surface area contributed by atoms with Gasteiger partial charge < -0.3 is 4.74 Å². The van der Waals surface area contributed by atoms with Crippen LogP contribution >= 0.6 is 12.6 Å². The Kier molecular flexibility index (Phi) is 3.88. The van der Waals surface area contributed by atoms with Gasteiger partial charge in [0.2, 0.25) is 0 Å². The first-order chi connectivity index (χ1) is 7.75. The fraction of sp³-hybridized carbons (Fsp3) is 0.462. The molecule has 2 nitrogen and oxygen atoms in total. The number of carbonyl (C=O) groups is 1. The zero-order valence-electron chi connectivity index (χ0n) is 9.19. The van der Waals surface area contributed by atoms with E-state index < -0.39 is 0 Å². The molecule has 0 unspecified atom stereocenters. The standard InChI is InChI=1S/C13H16O2S/c14-13(11-5-2-6-12(16)9-11)15-8-7-10-3-1-4-10/h2,5-6,9-10,16H,1,3-4,7-8H2. The molecule has 0 aliphatic heterocycles. The highest BCUT2D eigenvalue weighted by atomic mass is 32.1. The largest absolute Gasteiger partial charge is 0.462 e. The molecular weight excluding hydrogens is 220 g/mol. The monoisotopic (exact) mass is 236 g/mol. The van der Waals surface area contributed by atoms with Crippen molar-refractivity contribution < 1.29 is 9.53 Å². The van der Waals surface area contributed by atoms with Crippen LogP contribution in [0.15, 0.2) is 29.2 Å². The Bertz CT molecular complexity index is 372. The summed E-state index contributed by atoms with van der Waals surface area (Å²) < 4.78 is 5.22. The van der Waals surface area contributed by atoms with E-state index in [1.54, 1.807) is 12.1 Å². The maximum atomic E-state index is 11.6. The molecule has 1 aliphatic carbocycles. The van der Waals surface area contributed by atoms with E-state index in [-0.39, 0.29) is 5.97 Å². The second kappa shape index (κ2) is 5.39. The number of benzene rings is 1. The van der Waals surface area contributed by atoms with Crippen molar-refractivity contribution in [2.24, 2.45) is 5.92 Å². The Morgan fingerprint density at radius 2 is 2.25 bits per heavy atom. The molecule has 0 atom stereocenters. The lowest BCUT2D eigenvalue weighted by molar-refractivity contribution is 0.0464. The Morgan fingerprint density at radius 1 is 1.44 bits per heavy atom. The summed E-state index contributed by atoms with van der Waals surface area (Å²) in [5.41, 5.74) is 0.584. The van der Waals surface area contributed by atoms with Gasteiger partial charge in [0.05, 0.1) is 12.2 Å². The smallest absolute Gasteiger partial charge is 0.338 e. The van der Waals surface area contributed by atoms with Gasteiger partial charge in [-0.25, -0.2) is 4.79 Å². The number of hydrogen-bond donors (Lipinski definition) is 1. The topological polar surface area (TPSA) is 26.3 Å². The van der Waals surface area contributed by atoms with E-state index in [1.807, 2.05) is 12.1 Å². The van der Waals surface area contributed by atoms with E-state index in [1.165, 1.54) is 19.3 Å². The van der Waals surface area contributed by atoms with Gasteiger partial charge in [-0.1, -0.05) is 25.3 Å². The molecule has 16 heavy (non-hydrogen) atoms. The van der Waals surface area contributed by atoms with Crippen LogP contribution in [0.3, 0.4) is 0 Å². The number of esters is 1. The minimum atomic E-state index is -0.241. The van der Waals surface area contributed by atoms with Gasteiger partial charge in [0.15, 0.2) is 0 Å². The number of ether oxygens (including phenoxy) is 1. The third-order valence-electron chi connectivity index (χ3n) is 3.07. The maximum Gasteiger partial charge on any atom is 0.338 e. The van der Waals surface area contributed by atoms with E-state index in [0.717, 1.165) is 17.2 Å². The number of thiol groups is 1. The molecule has 0 bridgehead atoms. The van der Waals surface area contributed by atoms with Gasteiger partial charge in [0.1, 0.15) is 0 Å². The lowest BCUT2D eigenvalue weighted by Crippen LogP contribution is -2.15. The van der Waals surface area contributed by atoms with Gasteiger partial charge in [-0.05, 0) is 30.5 Å². The fourth-order valence-electron chi connectivity index (χ4n) is 1.82. The molecule has 0 N–H and O–H groups in total. The van der Waals surface area contributed by atoms with Crippen LogP contribution in [0.1, 0.15) is 36.0 Å². The first-order valence-electron chi connectivity index (χ1n) is 5.72. The Hall–Kier alpha value is -0.960. The Balaban J connectivity index is 1.78. The molecule has 0 amide bonds. The van der Waals surface area contributed by atoms with Crippen LogP contribution in [-0.4, -0.2) is 12.6 Å². The minimum Gasteiger partial charge on any atom is -0.462 e. The Labute approximate surface area is 101 Å². The van der Waals surface area contributed by atoms with Gasteiger partial charge in [-0.2, -0.15) is 0 Å². The molecule has 1 fully saturated rings. The molecule has 1 aromatic rings. The fourth-order valence-corrected chi connectivity index (χ4v) is 2.04. The van der Waals surface area contributed by atoms with Gasteiger partial charge in [0.25, 0.3) is 0 Å². The van der Waals surface area contributed by atoms with Gasteiger partial charge in [-0.15, -0.1) is 12.6 Å². The van der Waals surface area contributed by atoms with E-state index in [4.69, 9.17) is 4.74 Å². The summed E-state index contributed by atoms with van der Waals surface area (Å²) in [5.74, 6) is 0.541. The summed E-state index contributed by atoms with van der Waals surface area (Å²) in [4.78, 5) is 12.4. The van der Waals surface area contributed by atoms with Crippen LogP contribution in [0.2, 0.25) is 0 Å². The minimum absolute atomic E-state index is 0.241. The first-order valence-corrected chi connectivity index (χ1v) is 6.16. The zero-order valence-corrected chi connectivity index (χ0v) is 10.1. The highest BCUT2D eigenvalue weighted by molar-refractivity contribution is 7.80. The van der Waals surface area contributed by atoms with Gasteiger partial charge in [0, 0.05) is 4.90 Å². The third-order valence-corrected chi connectivity index (χ3v) is 3.34. The van der Waals surface area contributed by atoms with Crippen molar-refractivity contribution in [3.8, 4) is 0 Å². The summed E-state index contributed by atoms with van der Waals surface area (Å²) in [6.07, 6.45) is 4.93. The number of hydrogen-bond acceptors (Lipinski definition) is 3. The average molecular weight is 236 g/mol. The van der Waals surface area contributed by atoms with E-state index >= 15 is 0 Å². The molecule has 0 radical (unpaired) electrons. The summed E-state index contributed by atoms with van der Waals surface area (Å²) in [7, 11) is 0. The molecule has 1 aromatic carbocycles. The highest BCUT2D eigenvalue weighted by Gasteiger charge is 2.17. The quantitative estimate of drug-likeness (QED) is 0.641. The molecule has 1 saturated carbocycles. The van der Waals surface area contributed by atoms with E-state index in [9.17, 15) is 4.79 Å². The lowest BCUT2D eigenvalue weighted by Gasteiger charge is -2.24. The number of rotatable bonds is 4. The molecule has 1 aliphatic rings. The first kappa shape index (κ1) is 11.5. The summed E-state index contributed by atoms with van der Waals surface area (Å²) >= 11 is 4.19. The molecule has 0 saturated heterocycles. The van der Waals surface area contributed by atoms with Crippen molar-refractivity contribution in [3.63, 3.8) is 0 Å². The third kappa shape index (κ3) is 3.01. The van der Waals surface area contributed by atoms with Crippen LogP contribution in [-0.2, 0) is 4.74 Å². The Morgan fingerprint density at radius 3 is 2.88 bits per heavy atom. The molecular formula is C13H16O2S. The molecule has 2 rings (SSSR count). The van der Waals surface area contributed by atoms with Crippen molar-refractivity contribution in [1.29, 1.82) is 0 Å². The lowest BCUT2D eigenvalue weighted by atomic mass is 9.83. The second-order valence-electron chi connectivity index (χ2n) is 4.27. The summed E-state index contributed by atoms with van der Waals surface area (Å²) in [6, 6.07) is 7.14. The van der Waals surface area contributed by atoms with Gasteiger partial charge in [-0.3, -0.25) is 0 Å². The molecule has 0 aromatic heterocycles. The van der Waals surface area contributed by atoms with Crippen LogP contribution in [0.4, 0.5) is 0 Å².